The molecule has 11 heteroatoms. The Kier molecular flexibility index (Phi) is 8.59. The zero-order chi connectivity index (χ0) is 27.1. The lowest BCUT2D eigenvalue weighted by Gasteiger charge is -2.16. The van der Waals surface area contributed by atoms with E-state index in [2.05, 4.69) is 36.3 Å². The molecule has 4 rings (SSSR count). The first kappa shape index (κ1) is 27.1. The summed E-state index contributed by atoms with van der Waals surface area (Å²) in [6, 6.07) is 23.1. The van der Waals surface area contributed by atoms with Gasteiger partial charge in [-0.15, -0.1) is 0 Å². The molecule has 0 bridgehead atoms. The van der Waals surface area contributed by atoms with Crippen molar-refractivity contribution in [3.05, 3.63) is 101 Å². The number of sulfonamides is 1. The summed E-state index contributed by atoms with van der Waals surface area (Å²) in [6.45, 7) is 1.56. The van der Waals surface area contributed by atoms with Gasteiger partial charge in [-0.2, -0.15) is 0 Å². The number of nitrogens with zero attached hydrogens (tertiary/aromatic N) is 1. The zero-order valence-corrected chi connectivity index (χ0v) is 22.8. The first-order valence-corrected chi connectivity index (χ1v) is 14.1. The smallest absolute Gasteiger partial charge is 0.407 e. The molecule has 3 N–H and O–H groups in total. The summed E-state index contributed by atoms with van der Waals surface area (Å²) in [7, 11) is -3.69. The largest absolute Gasteiger partial charge is 0.442 e. The van der Waals surface area contributed by atoms with Crippen LogP contribution < -0.4 is 15.4 Å². The van der Waals surface area contributed by atoms with E-state index in [1.54, 1.807) is 55.5 Å². The van der Waals surface area contributed by atoms with E-state index in [4.69, 9.17) is 4.74 Å². The second-order valence-corrected chi connectivity index (χ2v) is 11.1. The van der Waals surface area contributed by atoms with Crippen molar-refractivity contribution in [2.75, 3.05) is 22.3 Å². The van der Waals surface area contributed by atoms with Crippen molar-refractivity contribution in [2.45, 2.75) is 13.0 Å². The standard InChI is InChI=1S/C27H25BrN4O5S/c1-18(20-10-12-24(23(28)17-20)31-26(33)25-8-4-5-13-29-25)37-27(34)30-14-15-38(35,36)32-22-11-9-19-6-2-3-7-21(19)16-22/h2-13,16-18,32H,14-15H2,1H3,(H,30,34)(H,31,33). The van der Waals surface area contributed by atoms with Crippen LogP contribution in [0.2, 0.25) is 0 Å². The Hall–Kier alpha value is -3.96. The quantitative estimate of drug-likeness (QED) is 0.235. The molecule has 0 radical (unpaired) electrons. The third-order valence-electron chi connectivity index (χ3n) is 5.56. The average Bonchev–Trinajstić information content (AvgIpc) is 2.89. The number of amides is 2. The molecular weight excluding hydrogens is 572 g/mol. The van der Waals surface area contributed by atoms with E-state index in [1.165, 1.54) is 6.20 Å². The second-order valence-electron chi connectivity index (χ2n) is 8.37. The molecule has 0 aliphatic carbocycles. The van der Waals surface area contributed by atoms with E-state index < -0.39 is 22.2 Å². The number of fused-ring (bicyclic) bond motifs is 1. The Bertz CT molecular complexity index is 1560. The minimum atomic E-state index is -3.69. The van der Waals surface area contributed by atoms with Gasteiger partial charge in [0.1, 0.15) is 11.8 Å². The molecule has 1 atom stereocenters. The monoisotopic (exact) mass is 596 g/mol. The molecule has 1 aromatic heterocycles. The third-order valence-corrected chi connectivity index (χ3v) is 7.50. The number of pyridine rings is 1. The van der Waals surface area contributed by atoms with Gasteiger partial charge in [0.2, 0.25) is 10.0 Å². The molecule has 1 heterocycles. The topological polar surface area (TPSA) is 126 Å². The summed E-state index contributed by atoms with van der Waals surface area (Å²) in [5.41, 5.74) is 1.94. The number of nitrogens with one attached hydrogen (secondary N) is 3. The lowest BCUT2D eigenvalue weighted by molar-refractivity contribution is 0.102. The van der Waals surface area contributed by atoms with Crippen molar-refractivity contribution in [2.24, 2.45) is 0 Å². The normalized spacial score (nSPS) is 11.9. The number of ether oxygens (including phenoxy) is 1. The Morgan fingerprint density at radius 1 is 0.974 bits per heavy atom. The molecule has 0 saturated carbocycles. The summed E-state index contributed by atoms with van der Waals surface area (Å²) in [4.78, 5) is 28.6. The number of anilines is 2. The third kappa shape index (κ3) is 7.30. The van der Waals surface area contributed by atoms with Crippen LogP contribution in [0, 0.1) is 0 Å². The van der Waals surface area contributed by atoms with Crippen LogP contribution in [-0.4, -0.2) is 37.7 Å². The molecule has 196 valence electrons. The van der Waals surface area contributed by atoms with Crippen LogP contribution in [0.3, 0.4) is 0 Å². The van der Waals surface area contributed by atoms with Gasteiger partial charge in [0, 0.05) is 22.9 Å². The fourth-order valence-corrected chi connectivity index (χ4v) is 5.06. The highest BCUT2D eigenvalue weighted by molar-refractivity contribution is 9.10. The van der Waals surface area contributed by atoms with Gasteiger partial charge in [-0.1, -0.05) is 42.5 Å². The van der Waals surface area contributed by atoms with E-state index in [0.717, 1.165) is 10.8 Å². The van der Waals surface area contributed by atoms with Gasteiger partial charge in [0.25, 0.3) is 5.91 Å². The summed E-state index contributed by atoms with van der Waals surface area (Å²) < 4.78 is 33.4. The number of alkyl carbamates (subject to hydrolysis) is 1. The van der Waals surface area contributed by atoms with Crippen molar-refractivity contribution in [3.8, 4) is 0 Å². The lowest BCUT2D eigenvalue weighted by Crippen LogP contribution is -2.32. The van der Waals surface area contributed by atoms with E-state index in [-0.39, 0.29) is 23.9 Å². The van der Waals surface area contributed by atoms with Gasteiger partial charge in [-0.3, -0.25) is 14.5 Å². The van der Waals surface area contributed by atoms with Crippen molar-refractivity contribution >= 4 is 60.1 Å². The predicted octanol–water partition coefficient (Wildman–Crippen LogP) is 5.48. The van der Waals surface area contributed by atoms with Gasteiger partial charge < -0.3 is 15.4 Å². The zero-order valence-electron chi connectivity index (χ0n) is 20.3. The molecule has 2 amide bonds. The number of hydrogen-bond donors (Lipinski definition) is 3. The van der Waals surface area contributed by atoms with Gasteiger partial charge >= 0.3 is 6.09 Å². The van der Waals surface area contributed by atoms with Crippen LogP contribution in [0.4, 0.5) is 16.2 Å². The van der Waals surface area contributed by atoms with Crippen molar-refractivity contribution < 1.29 is 22.7 Å². The number of carbonyl (C=O) groups excluding carboxylic acids is 2. The van der Waals surface area contributed by atoms with Crippen LogP contribution in [0.5, 0.6) is 0 Å². The van der Waals surface area contributed by atoms with Crippen molar-refractivity contribution in [1.29, 1.82) is 0 Å². The van der Waals surface area contributed by atoms with Crippen LogP contribution >= 0.6 is 15.9 Å². The van der Waals surface area contributed by atoms with Crippen molar-refractivity contribution in [3.63, 3.8) is 0 Å². The highest BCUT2D eigenvalue weighted by atomic mass is 79.9. The number of halogens is 1. The highest BCUT2D eigenvalue weighted by Crippen LogP contribution is 2.28. The second kappa shape index (κ2) is 12.1. The molecule has 0 aliphatic rings. The fraction of sp³-hybridized carbons (Fsp3) is 0.148. The predicted molar refractivity (Wildman–Crippen MR) is 151 cm³/mol. The van der Waals surface area contributed by atoms with Crippen LogP contribution in [0.25, 0.3) is 10.8 Å². The van der Waals surface area contributed by atoms with Gasteiger partial charge in [0.05, 0.1) is 11.4 Å². The van der Waals surface area contributed by atoms with Crippen molar-refractivity contribution in [1.82, 2.24) is 10.3 Å². The van der Waals surface area contributed by atoms with Crippen LogP contribution in [0.1, 0.15) is 29.1 Å². The number of rotatable bonds is 9. The maximum absolute atomic E-state index is 12.5. The van der Waals surface area contributed by atoms with E-state index in [0.29, 0.717) is 21.4 Å². The maximum atomic E-state index is 12.5. The Labute approximate surface area is 228 Å². The van der Waals surface area contributed by atoms with Crippen LogP contribution in [-0.2, 0) is 14.8 Å². The molecule has 1 unspecified atom stereocenters. The Balaban J connectivity index is 1.26. The summed E-state index contributed by atoms with van der Waals surface area (Å²) >= 11 is 3.42. The molecule has 0 fully saturated rings. The molecule has 38 heavy (non-hydrogen) atoms. The lowest BCUT2D eigenvalue weighted by atomic mass is 10.1. The Morgan fingerprint density at radius 3 is 2.47 bits per heavy atom. The number of carbonyl (C=O) groups is 2. The summed E-state index contributed by atoms with van der Waals surface area (Å²) in [6.07, 6.45) is 0.162. The number of benzene rings is 3. The minimum absolute atomic E-state index is 0.128. The fourth-order valence-electron chi connectivity index (χ4n) is 3.61. The van der Waals surface area contributed by atoms with Gasteiger partial charge in [-0.25, -0.2) is 13.2 Å². The molecule has 0 saturated heterocycles. The number of aromatic nitrogens is 1. The molecule has 0 spiro atoms. The molecule has 4 aromatic rings. The van der Waals surface area contributed by atoms with Gasteiger partial charge in [0.15, 0.2) is 0 Å². The minimum Gasteiger partial charge on any atom is -0.442 e. The maximum Gasteiger partial charge on any atom is 0.407 e. The summed E-state index contributed by atoms with van der Waals surface area (Å²) in [5, 5.41) is 7.16. The first-order valence-electron chi connectivity index (χ1n) is 11.7. The first-order chi connectivity index (χ1) is 18.2. The molecule has 3 aromatic carbocycles. The van der Waals surface area contributed by atoms with E-state index in [9.17, 15) is 18.0 Å². The number of hydrogen-bond acceptors (Lipinski definition) is 6. The average molecular weight is 597 g/mol. The van der Waals surface area contributed by atoms with E-state index in [1.807, 2.05) is 30.3 Å². The SMILES string of the molecule is CC(OC(=O)NCCS(=O)(=O)Nc1ccc2ccccc2c1)c1ccc(NC(=O)c2ccccn2)c(Br)c1. The Morgan fingerprint density at radius 2 is 1.74 bits per heavy atom. The van der Waals surface area contributed by atoms with E-state index >= 15 is 0 Å². The van der Waals surface area contributed by atoms with Crippen LogP contribution in [0.15, 0.2) is 89.5 Å². The molecule has 9 nitrogen and oxygen atoms in total. The summed E-state index contributed by atoms with van der Waals surface area (Å²) in [5.74, 6) is -0.674. The molecular formula is C27H25BrN4O5S. The highest BCUT2D eigenvalue weighted by Gasteiger charge is 2.16. The van der Waals surface area contributed by atoms with Gasteiger partial charge in [-0.05, 0) is 75.6 Å². The molecule has 0 aliphatic heterocycles.